The Morgan fingerprint density at radius 2 is 2.30 bits per heavy atom. The minimum absolute atomic E-state index is 0.189. The van der Waals surface area contributed by atoms with E-state index in [9.17, 15) is 9.18 Å². The third-order valence-corrected chi connectivity index (χ3v) is 4.87. The van der Waals surface area contributed by atoms with Crippen LogP contribution in [-0.2, 0) is 6.42 Å². The van der Waals surface area contributed by atoms with E-state index in [2.05, 4.69) is 20.1 Å². The van der Waals surface area contributed by atoms with Crippen LogP contribution in [0.3, 0.4) is 0 Å². The maximum absolute atomic E-state index is 14.1. The molecular formula is C18H15FN6O2. The van der Waals surface area contributed by atoms with Gasteiger partial charge in [-0.3, -0.25) is 4.79 Å². The summed E-state index contributed by atoms with van der Waals surface area (Å²) >= 11 is 0. The minimum atomic E-state index is -0.545. The van der Waals surface area contributed by atoms with Crippen molar-refractivity contribution in [1.29, 1.82) is 0 Å². The fraction of sp³-hybridized carbons (Fsp3) is 0.222. The largest absolute Gasteiger partial charge is 0.438 e. The molecule has 0 aliphatic carbocycles. The number of aryl methyl sites for hydroxylation is 1. The molecule has 4 aromatic rings. The number of aromatic nitrogens is 5. The smallest absolute Gasteiger partial charge is 0.292 e. The van der Waals surface area contributed by atoms with Crippen molar-refractivity contribution in [3.8, 4) is 0 Å². The second-order valence-electron chi connectivity index (χ2n) is 6.44. The second kappa shape index (κ2) is 5.76. The van der Waals surface area contributed by atoms with Crippen molar-refractivity contribution in [2.24, 2.45) is 0 Å². The molecule has 4 aromatic heterocycles. The van der Waals surface area contributed by atoms with Crippen molar-refractivity contribution >= 4 is 11.4 Å². The molecule has 0 fully saturated rings. The zero-order valence-corrected chi connectivity index (χ0v) is 14.4. The van der Waals surface area contributed by atoms with Gasteiger partial charge in [0.1, 0.15) is 17.4 Å². The zero-order valence-electron chi connectivity index (χ0n) is 14.4. The lowest BCUT2D eigenvalue weighted by atomic mass is 9.99. The van der Waals surface area contributed by atoms with Gasteiger partial charge in [0.05, 0.1) is 23.4 Å². The normalized spacial score (nSPS) is 16.7. The van der Waals surface area contributed by atoms with Crippen molar-refractivity contribution in [2.75, 3.05) is 6.54 Å². The molecule has 5 rings (SSSR count). The number of amides is 1. The molecule has 9 heteroatoms. The molecule has 0 radical (unpaired) electrons. The van der Waals surface area contributed by atoms with Gasteiger partial charge < -0.3 is 14.3 Å². The quantitative estimate of drug-likeness (QED) is 0.588. The van der Waals surface area contributed by atoms with E-state index >= 15 is 0 Å². The number of hydrogen-bond acceptors (Lipinski definition) is 5. The number of fused-ring (bicyclic) bond motifs is 2. The van der Waals surface area contributed by atoms with Gasteiger partial charge in [0.15, 0.2) is 6.39 Å². The number of carbonyl (C=O) groups is 1. The van der Waals surface area contributed by atoms with Crippen LogP contribution in [0.5, 0.6) is 0 Å². The van der Waals surface area contributed by atoms with Gasteiger partial charge in [0, 0.05) is 24.9 Å². The lowest BCUT2D eigenvalue weighted by molar-refractivity contribution is 0.0653. The van der Waals surface area contributed by atoms with E-state index in [0.717, 1.165) is 5.69 Å². The van der Waals surface area contributed by atoms with Crippen LogP contribution in [0.4, 0.5) is 4.39 Å². The average Bonchev–Trinajstić information content (AvgIpc) is 3.39. The molecule has 136 valence electrons. The zero-order chi connectivity index (χ0) is 18.5. The number of hydrogen-bond donors (Lipinski definition) is 1. The Bertz CT molecular complexity index is 1160. The number of aromatic amines is 1. The van der Waals surface area contributed by atoms with Crippen LogP contribution in [0.1, 0.15) is 39.4 Å². The van der Waals surface area contributed by atoms with Gasteiger partial charge in [0.2, 0.25) is 5.76 Å². The Kier molecular flexibility index (Phi) is 3.36. The molecule has 1 atom stereocenters. The van der Waals surface area contributed by atoms with Gasteiger partial charge >= 0.3 is 0 Å². The van der Waals surface area contributed by atoms with Crippen LogP contribution in [-0.4, -0.2) is 41.9 Å². The third-order valence-electron chi connectivity index (χ3n) is 4.87. The van der Waals surface area contributed by atoms with Crippen LogP contribution in [0.2, 0.25) is 0 Å². The summed E-state index contributed by atoms with van der Waals surface area (Å²) in [6.07, 6.45) is 5.15. The summed E-state index contributed by atoms with van der Waals surface area (Å²) in [6, 6.07) is 4.07. The van der Waals surface area contributed by atoms with Gasteiger partial charge in [-0.1, -0.05) is 0 Å². The Morgan fingerprint density at radius 3 is 3.07 bits per heavy atom. The molecule has 1 unspecified atom stereocenters. The number of pyridine rings is 1. The maximum Gasteiger partial charge on any atom is 0.292 e. The van der Waals surface area contributed by atoms with E-state index < -0.39 is 6.04 Å². The van der Waals surface area contributed by atoms with Gasteiger partial charge in [-0.2, -0.15) is 5.10 Å². The number of carbonyl (C=O) groups excluding carboxylic acids is 1. The first kappa shape index (κ1) is 15.7. The van der Waals surface area contributed by atoms with Gasteiger partial charge in [-0.15, -0.1) is 0 Å². The maximum atomic E-state index is 14.1. The molecule has 27 heavy (non-hydrogen) atoms. The molecule has 0 saturated carbocycles. The van der Waals surface area contributed by atoms with Crippen LogP contribution in [0.15, 0.2) is 41.5 Å². The summed E-state index contributed by atoms with van der Waals surface area (Å²) in [7, 11) is 0. The van der Waals surface area contributed by atoms with Crippen LogP contribution >= 0.6 is 0 Å². The number of H-pyrrole nitrogens is 1. The van der Waals surface area contributed by atoms with E-state index in [1.807, 2.05) is 0 Å². The summed E-state index contributed by atoms with van der Waals surface area (Å²) in [5, 5.41) is 4.49. The molecule has 1 amide bonds. The molecule has 0 bridgehead atoms. The van der Waals surface area contributed by atoms with Crippen molar-refractivity contribution in [1.82, 2.24) is 29.5 Å². The standard InChI is InChI=1S/C18H15FN6O2/c1-10-17(27-9-22-10)18(26)24-6-4-12-15(21-8-20-12)16(24)13-7-14-11(19)3-2-5-25(14)23-13/h2-3,5,7-9,16H,4,6H2,1H3,(H,20,21). The Balaban J connectivity index is 1.66. The second-order valence-corrected chi connectivity index (χ2v) is 6.44. The Morgan fingerprint density at radius 1 is 1.41 bits per heavy atom. The molecule has 1 aliphatic heterocycles. The topological polar surface area (TPSA) is 92.3 Å². The molecule has 1 N–H and O–H groups in total. The SMILES string of the molecule is Cc1ncoc1C(=O)N1CCc2[nH]cnc2C1c1cc2c(F)cccn2n1. The highest BCUT2D eigenvalue weighted by atomic mass is 19.1. The number of nitrogens with zero attached hydrogens (tertiary/aromatic N) is 5. The number of rotatable bonds is 2. The number of nitrogens with one attached hydrogen (secondary N) is 1. The third kappa shape index (κ3) is 2.35. The van der Waals surface area contributed by atoms with E-state index in [-0.39, 0.29) is 17.5 Å². The summed E-state index contributed by atoms with van der Waals surface area (Å²) in [5.41, 5.74) is 3.05. The number of oxazole rings is 1. The first-order valence-electron chi connectivity index (χ1n) is 8.50. The summed E-state index contributed by atoms with van der Waals surface area (Å²) in [4.78, 5) is 26.3. The molecule has 0 aromatic carbocycles. The van der Waals surface area contributed by atoms with Gasteiger partial charge in [0.25, 0.3) is 5.91 Å². The monoisotopic (exact) mass is 366 g/mol. The van der Waals surface area contributed by atoms with Crippen molar-refractivity contribution in [3.63, 3.8) is 0 Å². The van der Waals surface area contributed by atoms with Crippen molar-refractivity contribution in [2.45, 2.75) is 19.4 Å². The summed E-state index contributed by atoms with van der Waals surface area (Å²) in [6.45, 7) is 2.17. The minimum Gasteiger partial charge on any atom is -0.438 e. The average molecular weight is 366 g/mol. The lowest BCUT2D eigenvalue weighted by Gasteiger charge is -2.33. The molecule has 0 spiro atoms. The van der Waals surface area contributed by atoms with Crippen LogP contribution < -0.4 is 0 Å². The summed E-state index contributed by atoms with van der Waals surface area (Å²) in [5.74, 6) is -0.478. The molecule has 1 aliphatic rings. The Labute approximate surface area is 152 Å². The van der Waals surface area contributed by atoms with Crippen molar-refractivity contribution in [3.05, 3.63) is 71.5 Å². The highest BCUT2D eigenvalue weighted by molar-refractivity contribution is 5.93. The van der Waals surface area contributed by atoms with E-state index in [1.54, 1.807) is 36.5 Å². The first-order valence-corrected chi connectivity index (χ1v) is 8.50. The fourth-order valence-corrected chi connectivity index (χ4v) is 3.57. The van der Waals surface area contributed by atoms with Gasteiger partial charge in [-0.25, -0.2) is 18.9 Å². The fourth-order valence-electron chi connectivity index (χ4n) is 3.57. The first-order chi connectivity index (χ1) is 13.1. The summed E-state index contributed by atoms with van der Waals surface area (Å²) < 4.78 is 20.9. The van der Waals surface area contributed by atoms with Crippen LogP contribution in [0, 0.1) is 12.7 Å². The lowest BCUT2D eigenvalue weighted by Crippen LogP contribution is -2.41. The molecule has 0 saturated heterocycles. The predicted octanol–water partition coefficient (Wildman–Crippen LogP) is 2.28. The van der Waals surface area contributed by atoms with E-state index in [4.69, 9.17) is 4.42 Å². The van der Waals surface area contributed by atoms with Gasteiger partial charge in [-0.05, 0) is 25.1 Å². The van der Waals surface area contributed by atoms with Crippen molar-refractivity contribution < 1.29 is 13.6 Å². The van der Waals surface area contributed by atoms with E-state index in [0.29, 0.717) is 35.6 Å². The number of imidazole rings is 1. The molecular weight excluding hydrogens is 351 g/mol. The Hall–Kier alpha value is -3.49. The highest BCUT2D eigenvalue weighted by Gasteiger charge is 2.37. The molecule has 5 heterocycles. The highest BCUT2D eigenvalue weighted by Crippen LogP contribution is 2.34. The predicted molar refractivity (Wildman–Crippen MR) is 91.6 cm³/mol. The molecule has 8 nitrogen and oxygen atoms in total. The van der Waals surface area contributed by atoms with Crippen LogP contribution in [0.25, 0.3) is 5.52 Å². The van der Waals surface area contributed by atoms with E-state index in [1.165, 1.54) is 17.0 Å². The number of halogens is 1.